The first-order chi connectivity index (χ1) is 12.5. The lowest BCUT2D eigenvalue weighted by Gasteiger charge is -2.39. The van der Waals surface area contributed by atoms with Crippen LogP contribution in [0.1, 0.15) is 25.5 Å². The molecule has 0 amide bonds. The summed E-state index contributed by atoms with van der Waals surface area (Å²) in [4.78, 5) is 6.83. The summed E-state index contributed by atoms with van der Waals surface area (Å²) in [7, 11) is 0. The van der Waals surface area contributed by atoms with Crippen molar-refractivity contribution < 1.29 is 14.6 Å². The molecule has 1 aromatic heterocycles. The molecule has 1 saturated heterocycles. The van der Waals surface area contributed by atoms with E-state index in [0.717, 1.165) is 42.9 Å². The number of hydrogen-bond donors (Lipinski definition) is 3. The zero-order chi connectivity index (χ0) is 18.3. The molecule has 1 fully saturated rings. The summed E-state index contributed by atoms with van der Waals surface area (Å²) in [5.41, 5.74) is 16.0. The Kier molecular flexibility index (Phi) is 4.13. The van der Waals surface area contributed by atoms with E-state index in [1.165, 1.54) is 0 Å². The summed E-state index contributed by atoms with van der Waals surface area (Å²) in [5.74, 6) is 1.41. The minimum Gasteiger partial charge on any atom is -0.454 e. The molecule has 0 bridgehead atoms. The molecule has 3 heterocycles. The van der Waals surface area contributed by atoms with Gasteiger partial charge < -0.3 is 30.9 Å². The largest absolute Gasteiger partial charge is 0.454 e. The van der Waals surface area contributed by atoms with Gasteiger partial charge in [-0.1, -0.05) is 0 Å². The molecule has 0 aliphatic carbocycles. The van der Waals surface area contributed by atoms with Crippen LogP contribution in [0.3, 0.4) is 0 Å². The third-order valence-electron chi connectivity index (χ3n) is 5.13. The molecule has 138 valence electrons. The van der Waals surface area contributed by atoms with E-state index in [-0.39, 0.29) is 18.9 Å². The average molecular weight is 356 g/mol. The van der Waals surface area contributed by atoms with E-state index in [4.69, 9.17) is 20.9 Å². The predicted octanol–water partition coefficient (Wildman–Crippen LogP) is 1.87. The number of nitrogen functional groups attached to an aromatic ring is 1. The molecular formula is C19H24N4O3. The molecule has 0 radical (unpaired) electrons. The number of piperidine rings is 1. The Labute approximate surface area is 152 Å². The number of ether oxygens (including phenoxy) is 2. The van der Waals surface area contributed by atoms with Crippen molar-refractivity contribution >= 4 is 11.4 Å². The topological polar surface area (TPSA) is 107 Å². The molecule has 0 unspecified atom stereocenters. The van der Waals surface area contributed by atoms with Crippen LogP contribution in [0.15, 0.2) is 24.3 Å². The van der Waals surface area contributed by atoms with Gasteiger partial charge >= 0.3 is 0 Å². The van der Waals surface area contributed by atoms with E-state index in [9.17, 15) is 5.11 Å². The van der Waals surface area contributed by atoms with Crippen molar-refractivity contribution in [3.8, 4) is 22.8 Å². The molecule has 1 aromatic carbocycles. The van der Waals surface area contributed by atoms with Crippen molar-refractivity contribution in [2.24, 2.45) is 5.73 Å². The van der Waals surface area contributed by atoms with Crippen LogP contribution in [0.2, 0.25) is 0 Å². The Balaban J connectivity index is 1.68. The fourth-order valence-corrected chi connectivity index (χ4v) is 3.53. The van der Waals surface area contributed by atoms with E-state index in [0.29, 0.717) is 22.8 Å². The van der Waals surface area contributed by atoms with Gasteiger partial charge in [0.2, 0.25) is 6.79 Å². The minimum atomic E-state index is -0.172. The van der Waals surface area contributed by atoms with E-state index in [1.807, 2.05) is 24.3 Å². The first-order valence-electron chi connectivity index (χ1n) is 8.81. The van der Waals surface area contributed by atoms with E-state index >= 15 is 0 Å². The number of aliphatic hydroxyl groups is 1. The molecule has 2 aromatic rings. The molecule has 0 spiro atoms. The van der Waals surface area contributed by atoms with Gasteiger partial charge in [-0.2, -0.15) is 0 Å². The molecule has 5 N–H and O–H groups in total. The number of aromatic nitrogens is 1. The Morgan fingerprint density at radius 2 is 1.92 bits per heavy atom. The van der Waals surface area contributed by atoms with Gasteiger partial charge in [0.1, 0.15) is 0 Å². The monoisotopic (exact) mass is 356 g/mol. The van der Waals surface area contributed by atoms with Crippen LogP contribution >= 0.6 is 0 Å². The number of benzene rings is 1. The van der Waals surface area contributed by atoms with Crippen LogP contribution in [0, 0.1) is 0 Å². The highest BCUT2D eigenvalue weighted by molar-refractivity contribution is 5.77. The number of fused-ring (bicyclic) bond motifs is 1. The van der Waals surface area contributed by atoms with Gasteiger partial charge in [0.05, 0.1) is 29.4 Å². The Hall–Kier alpha value is -2.51. The van der Waals surface area contributed by atoms with Crippen LogP contribution in [-0.4, -0.2) is 35.5 Å². The molecule has 4 rings (SSSR count). The molecule has 2 aliphatic rings. The Bertz CT molecular complexity index is 828. The number of nitrogens with two attached hydrogens (primary N) is 2. The molecule has 7 nitrogen and oxygen atoms in total. The van der Waals surface area contributed by atoms with Crippen LogP contribution in [0.4, 0.5) is 11.4 Å². The highest BCUT2D eigenvalue weighted by atomic mass is 16.7. The van der Waals surface area contributed by atoms with Crippen molar-refractivity contribution in [2.45, 2.75) is 31.9 Å². The zero-order valence-corrected chi connectivity index (χ0v) is 14.9. The van der Waals surface area contributed by atoms with Crippen LogP contribution in [-0.2, 0) is 6.61 Å². The number of hydrogen-bond acceptors (Lipinski definition) is 7. The molecule has 0 saturated carbocycles. The maximum Gasteiger partial charge on any atom is 0.231 e. The van der Waals surface area contributed by atoms with Gasteiger partial charge in [0, 0.05) is 24.2 Å². The second kappa shape index (κ2) is 6.34. The van der Waals surface area contributed by atoms with Crippen molar-refractivity contribution in [1.82, 2.24) is 4.98 Å². The quantitative estimate of drug-likeness (QED) is 0.770. The summed E-state index contributed by atoms with van der Waals surface area (Å²) in [6, 6.07) is 7.50. The van der Waals surface area contributed by atoms with Gasteiger partial charge in [0.15, 0.2) is 11.5 Å². The van der Waals surface area contributed by atoms with Crippen LogP contribution in [0.5, 0.6) is 11.5 Å². The second-order valence-electron chi connectivity index (χ2n) is 7.26. The number of nitrogens with zero attached hydrogens (tertiary/aromatic N) is 2. The van der Waals surface area contributed by atoms with Crippen molar-refractivity contribution in [1.29, 1.82) is 0 Å². The van der Waals surface area contributed by atoms with Crippen LogP contribution in [0.25, 0.3) is 11.3 Å². The Morgan fingerprint density at radius 3 is 2.65 bits per heavy atom. The average Bonchev–Trinajstić information content (AvgIpc) is 3.09. The highest BCUT2D eigenvalue weighted by Gasteiger charge is 2.28. The maximum atomic E-state index is 9.89. The third kappa shape index (κ3) is 3.04. The van der Waals surface area contributed by atoms with Gasteiger partial charge in [-0.25, -0.2) is 4.98 Å². The molecule has 7 heteroatoms. The number of anilines is 2. The fourth-order valence-electron chi connectivity index (χ4n) is 3.53. The molecule has 2 aliphatic heterocycles. The first-order valence-corrected chi connectivity index (χ1v) is 8.81. The lowest BCUT2D eigenvalue weighted by Crippen LogP contribution is -2.48. The van der Waals surface area contributed by atoms with Gasteiger partial charge in [-0.15, -0.1) is 0 Å². The van der Waals surface area contributed by atoms with E-state index in [2.05, 4.69) is 16.8 Å². The molecule has 26 heavy (non-hydrogen) atoms. The lowest BCUT2D eigenvalue weighted by molar-refractivity contribution is 0.174. The molecule has 0 atom stereocenters. The summed E-state index contributed by atoms with van der Waals surface area (Å²) in [6.07, 6.45) is 1.75. The highest BCUT2D eigenvalue weighted by Crippen LogP contribution is 2.38. The summed E-state index contributed by atoms with van der Waals surface area (Å²) in [6.45, 7) is 3.73. The van der Waals surface area contributed by atoms with Gasteiger partial charge in [-0.3, -0.25) is 0 Å². The smallest absolute Gasteiger partial charge is 0.231 e. The lowest BCUT2D eigenvalue weighted by atomic mass is 9.90. The van der Waals surface area contributed by atoms with Crippen LogP contribution < -0.4 is 25.8 Å². The second-order valence-corrected chi connectivity index (χ2v) is 7.26. The maximum absolute atomic E-state index is 9.89. The number of pyridine rings is 1. The summed E-state index contributed by atoms with van der Waals surface area (Å²) in [5, 5.41) is 9.89. The van der Waals surface area contributed by atoms with Gasteiger partial charge in [-0.05, 0) is 44.0 Å². The zero-order valence-electron chi connectivity index (χ0n) is 14.9. The first kappa shape index (κ1) is 16.9. The van der Waals surface area contributed by atoms with Crippen molar-refractivity contribution in [3.05, 3.63) is 30.0 Å². The van der Waals surface area contributed by atoms with E-state index < -0.39 is 0 Å². The number of rotatable bonds is 3. The fraction of sp³-hybridized carbons (Fsp3) is 0.421. The normalized spacial score (nSPS) is 18.2. The summed E-state index contributed by atoms with van der Waals surface area (Å²) >= 11 is 0. The number of aliphatic hydroxyl groups excluding tert-OH is 1. The SMILES string of the molecule is CC1(N)CCN(c2c(N)cc(-c3ccc4c(c3)OCO4)nc2CO)CC1. The summed E-state index contributed by atoms with van der Waals surface area (Å²) < 4.78 is 10.8. The Morgan fingerprint density at radius 1 is 1.19 bits per heavy atom. The standard InChI is InChI=1S/C19H24N4O3/c1-19(21)4-6-23(7-5-19)18-13(20)9-14(22-15(18)10-24)12-2-3-16-17(8-12)26-11-25-16/h2-3,8-9,24H,4-7,10-11,21H2,1H3,(H2,20,22). The van der Waals surface area contributed by atoms with Crippen molar-refractivity contribution in [2.75, 3.05) is 30.5 Å². The van der Waals surface area contributed by atoms with E-state index in [1.54, 1.807) is 0 Å². The third-order valence-corrected chi connectivity index (χ3v) is 5.13. The van der Waals surface area contributed by atoms with Crippen molar-refractivity contribution in [3.63, 3.8) is 0 Å². The van der Waals surface area contributed by atoms with Gasteiger partial charge in [0.25, 0.3) is 0 Å². The predicted molar refractivity (Wildman–Crippen MR) is 100 cm³/mol. The minimum absolute atomic E-state index is 0.148. The molecular weight excluding hydrogens is 332 g/mol.